The van der Waals surface area contributed by atoms with E-state index in [1.54, 1.807) is 11.8 Å². The number of aldehydes is 1. The first-order chi connectivity index (χ1) is 12.3. The summed E-state index contributed by atoms with van der Waals surface area (Å²) in [5.41, 5.74) is 3.32. The molecule has 0 spiro atoms. The molecule has 25 heavy (non-hydrogen) atoms. The number of rotatable bonds is 7. The van der Waals surface area contributed by atoms with Crippen LogP contribution in [0.4, 0.5) is 5.69 Å². The Kier molecular flexibility index (Phi) is 6.54. The van der Waals surface area contributed by atoms with Crippen LogP contribution in [-0.4, -0.2) is 43.1 Å². The van der Waals surface area contributed by atoms with Crippen molar-refractivity contribution in [2.75, 3.05) is 36.8 Å². The van der Waals surface area contributed by atoms with Crippen molar-refractivity contribution in [3.05, 3.63) is 59.7 Å². The van der Waals surface area contributed by atoms with Crippen molar-refractivity contribution in [2.24, 2.45) is 0 Å². The second kappa shape index (κ2) is 9.07. The van der Waals surface area contributed by atoms with Crippen LogP contribution in [0.5, 0.6) is 0 Å². The molecule has 1 heterocycles. The van der Waals surface area contributed by atoms with E-state index < -0.39 is 0 Å². The fraction of sp³-hybridized carbons (Fsp3) is 0.381. The number of benzene rings is 2. The first-order valence-corrected chi connectivity index (χ1v) is 10.0. The summed E-state index contributed by atoms with van der Waals surface area (Å²) in [4.78, 5) is 17.7. The molecule has 0 aliphatic carbocycles. The van der Waals surface area contributed by atoms with Gasteiger partial charge in [-0.2, -0.15) is 0 Å². The molecular weight excluding hydrogens is 328 g/mol. The normalized spacial score (nSPS) is 15.3. The Hall–Kier alpha value is -1.78. The van der Waals surface area contributed by atoms with Crippen LogP contribution in [0.1, 0.15) is 29.3 Å². The van der Waals surface area contributed by atoms with Gasteiger partial charge in [-0.3, -0.25) is 9.69 Å². The van der Waals surface area contributed by atoms with Crippen molar-refractivity contribution in [2.45, 2.75) is 24.8 Å². The van der Waals surface area contributed by atoms with Gasteiger partial charge >= 0.3 is 0 Å². The number of nitrogens with zero attached hydrogens (tertiary/aromatic N) is 2. The molecule has 132 valence electrons. The summed E-state index contributed by atoms with van der Waals surface area (Å²) in [6.07, 6.45) is 2.15. The first kappa shape index (κ1) is 18.0. The molecule has 0 N–H and O–H groups in total. The Morgan fingerprint density at radius 2 is 1.76 bits per heavy atom. The highest BCUT2D eigenvalue weighted by Crippen LogP contribution is 2.30. The van der Waals surface area contributed by atoms with Crippen molar-refractivity contribution in [3.63, 3.8) is 0 Å². The summed E-state index contributed by atoms with van der Waals surface area (Å²) >= 11 is 1.78. The molecule has 1 aliphatic heterocycles. The summed E-state index contributed by atoms with van der Waals surface area (Å²) in [5, 5.41) is 0. The van der Waals surface area contributed by atoms with Gasteiger partial charge in [0.2, 0.25) is 0 Å². The lowest BCUT2D eigenvalue weighted by Crippen LogP contribution is -2.46. The number of thioether (sulfide) groups is 1. The molecule has 0 atom stereocenters. The number of piperazine rings is 1. The van der Waals surface area contributed by atoms with Gasteiger partial charge in [0.25, 0.3) is 0 Å². The zero-order valence-electron chi connectivity index (χ0n) is 14.9. The van der Waals surface area contributed by atoms with E-state index in [-0.39, 0.29) is 0 Å². The maximum atomic E-state index is 11.7. The smallest absolute Gasteiger partial charge is 0.153 e. The van der Waals surface area contributed by atoms with E-state index >= 15 is 0 Å². The number of hydrogen-bond donors (Lipinski definition) is 0. The van der Waals surface area contributed by atoms with Crippen LogP contribution < -0.4 is 4.90 Å². The van der Waals surface area contributed by atoms with Gasteiger partial charge in [0.15, 0.2) is 6.29 Å². The average molecular weight is 355 g/mol. The van der Waals surface area contributed by atoms with E-state index in [1.807, 2.05) is 0 Å². The topological polar surface area (TPSA) is 23.6 Å². The van der Waals surface area contributed by atoms with E-state index in [9.17, 15) is 4.79 Å². The molecule has 0 aromatic heterocycles. The van der Waals surface area contributed by atoms with Crippen LogP contribution >= 0.6 is 11.8 Å². The minimum absolute atomic E-state index is 0.859. The zero-order chi connectivity index (χ0) is 17.5. The molecule has 1 fully saturated rings. The Balaban J connectivity index is 1.65. The maximum absolute atomic E-state index is 11.7. The molecule has 0 saturated carbocycles. The second-order valence-electron chi connectivity index (χ2n) is 6.40. The van der Waals surface area contributed by atoms with Crippen LogP contribution in [0.15, 0.2) is 53.4 Å². The van der Waals surface area contributed by atoms with Gasteiger partial charge in [-0.1, -0.05) is 43.3 Å². The Labute approximate surface area is 155 Å². The summed E-state index contributed by atoms with van der Waals surface area (Å²) in [7, 11) is 0. The van der Waals surface area contributed by atoms with E-state index in [2.05, 4.69) is 65.3 Å². The van der Waals surface area contributed by atoms with E-state index in [0.717, 1.165) is 67.3 Å². The quantitative estimate of drug-likeness (QED) is 0.546. The second-order valence-corrected chi connectivity index (χ2v) is 7.54. The van der Waals surface area contributed by atoms with Crippen LogP contribution in [0.25, 0.3) is 0 Å². The van der Waals surface area contributed by atoms with Crippen LogP contribution in [-0.2, 0) is 6.54 Å². The predicted molar refractivity (Wildman–Crippen MR) is 107 cm³/mol. The van der Waals surface area contributed by atoms with Crippen molar-refractivity contribution in [1.29, 1.82) is 0 Å². The van der Waals surface area contributed by atoms with Gasteiger partial charge in [-0.15, -0.1) is 11.8 Å². The van der Waals surface area contributed by atoms with Gasteiger partial charge in [0.05, 0.1) is 5.56 Å². The fourth-order valence-corrected chi connectivity index (χ4v) is 4.16. The SMILES string of the molecule is CCCSc1cccc(N2CCN(Cc3ccccc3)CC2)c1C=O. The standard InChI is InChI=1S/C21H26N2OS/c1-2-15-25-21-10-6-9-20(19(21)17-24)23-13-11-22(12-14-23)16-18-7-4-3-5-8-18/h3-10,17H,2,11-16H2,1H3. The van der Waals surface area contributed by atoms with E-state index in [0.29, 0.717) is 0 Å². The highest BCUT2D eigenvalue weighted by Gasteiger charge is 2.20. The molecule has 2 aromatic carbocycles. The molecule has 3 nitrogen and oxygen atoms in total. The van der Waals surface area contributed by atoms with Crippen LogP contribution in [0.2, 0.25) is 0 Å². The highest BCUT2D eigenvalue weighted by molar-refractivity contribution is 7.99. The molecule has 3 rings (SSSR count). The number of anilines is 1. The number of hydrogen-bond acceptors (Lipinski definition) is 4. The van der Waals surface area contributed by atoms with Crippen LogP contribution in [0, 0.1) is 0 Å². The summed E-state index contributed by atoms with van der Waals surface area (Å²) < 4.78 is 0. The molecule has 0 radical (unpaired) electrons. The molecule has 2 aromatic rings. The molecule has 1 saturated heterocycles. The third kappa shape index (κ3) is 4.65. The molecule has 1 aliphatic rings. The van der Waals surface area contributed by atoms with Gasteiger partial charge in [0.1, 0.15) is 0 Å². The maximum Gasteiger partial charge on any atom is 0.153 e. The lowest BCUT2D eigenvalue weighted by molar-refractivity contribution is 0.112. The summed E-state index contributed by atoms with van der Waals surface area (Å²) in [5.74, 6) is 1.05. The van der Waals surface area contributed by atoms with Gasteiger partial charge in [-0.25, -0.2) is 0 Å². The van der Waals surface area contributed by atoms with Gasteiger partial charge in [0, 0.05) is 43.3 Å². The Morgan fingerprint density at radius 1 is 1.00 bits per heavy atom. The molecular formula is C21H26N2OS. The van der Waals surface area contributed by atoms with Gasteiger partial charge < -0.3 is 4.90 Å². The minimum Gasteiger partial charge on any atom is -0.368 e. The lowest BCUT2D eigenvalue weighted by Gasteiger charge is -2.37. The molecule has 0 amide bonds. The largest absolute Gasteiger partial charge is 0.368 e. The lowest BCUT2D eigenvalue weighted by atomic mass is 10.1. The third-order valence-electron chi connectivity index (χ3n) is 4.58. The summed E-state index contributed by atoms with van der Waals surface area (Å²) in [6.45, 7) is 7.16. The van der Waals surface area contributed by atoms with Crippen LogP contribution in [0.3, 0.4) is 0 Å². The number of carbonyl (C=O) groups excluding carboxylic acids is 1. The van der Waals surface area contributed by atoms with Crippen molar-refractivity contribution < 1.29 is 4.79 Å². The zero-order valence-corrected chi connectivity index (χ0v) is 15.7. The first-order valence-electron chi connectivity index (χ1n) is 9.04. The predicted octanol–water partition coefficient (Wildman–Crippen LogP) is 4.32. The monoisotopic (exact) mass is 354 g/mol. The van der Waals surface area contributed by atoms with Crippen molar-refractivity contribution >= 4 is 23.7 Å². The average Bonchev–Trinajstić information content (AvgIpc) is 2.67. The molecule has 4 heteroatoms. The highest BCUT2D eigenvalue weighted by atomic mass is 32.2. The third-order valence-corrected chi connectivity index (χ3v) is 5.86. The van der Waals surface area contributed by atoms with E-state index in [1.165, 1.54) is 5.56 Å². The number of carbonyl (C=O) groups is 1. The van der Waals surface area contributed by atoms with Crippen molar-refractivity contribution in [3.8, 4) is 0 Å². The molecule has 0 unspecified atom stereocenters. The fourth-order valence-electron chi connectivity index (χ4n) is 3.25. The molecule has 0 bridgehead atoms. The minimum atomic E-state index is 0.859. The van der Waals surface area contributed by atoms with Crippen molar-refractivity contribution in [1.82, 2.24) is 4.90 Å². The summed E-state index contributed by atoms with van der Waals surface area (Å²) in [6, 6.07) is 16.9. The van der Waals surface area contributed by atoms with Gasteiger partial charge in [-0.05, 0) is 29.9 Å². The Bertz CT molecular complexity index is 682. The Morgan fingerprint density at radius 3 is 2.44 bits per heavy atom. The van der Waals surface area contributed by atoms with E-state index in [4.69, 9.17) is 0 Å².